The molecule has 0 amide bonds. The van der Waals surface area contributed by atoms with Crippen molar-refractivity contribution >= 4 is 15.8 Å². The third kappa shape index (κ3) is 14.4. The van der Waals surface area contributed by atoms with E-state index in [1.165, 1.54) is 26.4 Å². The van der Waals surface area contributed by atoms with Crippen LogP contribution in [0.5, 0.6) is 0 Å². The highest BCUT2D eigenvalue weighted by molar-refractivity contribution is 7.91. The Kier molecular flexibility index (Phi) is 13.7. The number of unbranched alkanes of at least 4 members (excludes halogenated alkanes) is 9. The van der Waals surface area contributed by atoms with E-state index in [1.807, 2.05) is 0 Å². The van der Waals surface area contributed by atoms with E-state index in [-0.39, 0.29) is 5.97 Å². The summed E-state index contributed by atoms with van der Waals surface area (Å²) in [5.74, 6) is 0.502. The maximum absolute atomic E-state index is 11.9. The van der Waals surface area contributed by atoms with Gasteiger partial charge in [0.2, 0.25) is 0 Å². The minimum atomic E-state index is -2.86. The monoisotopic (exact) mass is 334 g/mol. The minimum Gasteiger partial charge on any atom is -0.469 e. The molecule has 22 heavy (non-hydrogen) atoms. The molecule has 0 aliphatic carbocycles. The lowest BCUT2D eigenvalue weighted by atomic mass is 10.1. The van der Waals surface area contributed by atoms with Crippen LogP contribution in [0.1, 0.15) is 84.0 Å². The predicted octanol–water partition coefficient (Wildman–Crippen LogP) is 4.28. The lowest BCUT2D eigenvalue weighted by molar-refractivity contribution is -0.140. The van der Waals surface area contributed by atoms with Crippen molar-refractivity contribution in [3.8, 4) is 0 Å². The second-order valence-electron chi connectivity index (χ2n) is 6.01. The van der Waals surface area contributed by atoms with E-state index in [4.69, 9.17) is 0 Å². The molecule has 0 fully saturated rings. The van der Waals surface area contributed by atoms with Crippen molar-refractivity contribution < 1.29 is 17.9 Å². The first-order chi connectivity index (χ1) is 10.5. The Bertz CT molecular complexity index is 363. The first kappa shape index (κ1) is 21.4. The molecule has 0 rings (SSSR count). The highest BCUT2D eigenvalue weighted by atomic mass is 32.2. The first-order valence-electron chi connectivity index (χ1n) is 8.79. The van der Waals surface area contributed by atoms with Gasteiger partial charge in [0.25, 0.3) is 0 Å². The fraction of sp³-hybridized carbons (Fsp3) is 0.941. The van der Waals surface area contributed by atoms with Crippen LogP contribution in [0.3, 0.4) is 0 Å². The summed E-state index contributed by atoms with van der Waals surface area (Å²) in [5, 5.41) is 0. The Morgan fingerprint density at radius 2 is 1.23 bits per heavy atom. The highest BCUT2D eigenvalue weighted by Crippen LogP contribution is 2.10. The molecule has 0 saturated heterocycles. The molecule has 5 heteroatoms. The molecular weight excluding hydrogens is 300 g/mol. The van der Waals surface area contributed by atoms with Crippen LogP contribution in [0, 0.1) is 0 Å². The average Bonchev–Trinajstić information content (AvgIpc) is 2.49. The maximum Gasteiger partial charge on any atom is 0.305 e. The van der Waals surface area contributed by atoms with Crippen LogP contribution >= 0.6 is 0 Å². The van der Waals surface area contributed by atoms with E-state index in [9.17, 15) is 13.2 Å². The van der Waals surface area contributed by atoms with E-state index < -0.39 is 9.84 Å². The summed E-state index contributed by atoms with van der Waals surface area (Å²) >= 11 is 0. The number of hydrogen-bond acceptors (Lipinski definition) is 4. The number of esters is 1. The second kappa shape index (κ2) is 14.0. The van der Waals surface area contributed by atoms with Crippen LogP contribution in [-0.2, 0) is 19.4 Å². The van der Waals surface area contributed by atoms with Crippen LogP contribution in [0.4, 0.5) is 0 Å². The van der Waals surface area contributed by atoms with Crippen molar-refractivity contribution in [1.82, 2.24) is 0 Å². The van der Waals surface area contributed by atoms with Crippen LogP contribution in [0.15, 0.2) is 0 Å². The van der Waals surface area contributed by atoms with Crippen LogP contribution in [0.2, 0.25) is 0 Å². The highest BCUT2D eigenvalue weighted by Gasteiger charge is 2.09. The lowest BCUT2D eigenvalue weighted by Gasteiger charge is -2.05. The molecular formula is C17H34O4S. The molecule has 0 aromatic rings. The van der Waals surface area contributed by atoms with Crippen LogP contribution in [-0.4, -0.2) is 33.0 Å². The molecule has 132 valence electrons. The lowest BCUT2D eigenvalue weighted by Crippen LogP contribution is -2.11. The second-order valence-corrected chi connectivity index (χ2v) is 8.32. The zero-order chi connectivity index (χ0) is 16.7. The number of ether oxygens (including phenoxy) is 1. The van der Waals surface area contributed by atoms with Crippen molar-refractivity contribution in [2.75, 3.05) is 18.6 Å². The van der Waals surface area contributed by atoms with Gasteiger partial charge in [0, 0.05) is 6.42 Å². The van der Waals surface area contributed by atoms with Crippen molar-refractivity contribution in [2.24, 2.45) is 0 Å². The molecule has 0 unspecified atom stereocenters. The van der Waals surface area contributed by atoms with Crippen molar-refractivity contribution in [2.45, 2.75) is 84.0 Å². The third-order valence-corrected chi connectivity index (χ3v) is 5.69. The van der Waals surface area contributed by atoms with Gasteiger partial charge in [0.05, 0.1) is 18.6 Å². The summed E-state index contributed by atoms with van der Waals surface area (Å²) in [5.41, 5.74) is 0. The van der Waals surface area contributed by atoms with Gasteiger partial charge in [-0.1, -0.05) is 58.3 Å². The number of sulfone groups is 1. The van der Waals surface area contributed by atoms with Crippen molar-refractivity contribution in [1.29, 1.82) is 0 Å². The number of rotatable bonds is 15. The predicted molar refractivity (Wildman–Crippen MR) is 91.7 cm³/mol. The number of carbonyl (C=O) groups excluding carboxylic acids is 1. The fourth-order valence-corrected chi connectivity index (χ4v) is 3.92. The molecule has 0 aromatic heterocycles. The molecule has 0 bridgehead atoms. The van der Waals surface area contributed by atoms with Gasteiger partial charge >= 0.3 is 5.97 Å². The third-order valence-electron chi connectivity index (χ3n) is 3.87. The summed E-state index contributed by atoms with van der Waals surface area (Å²) in [6.45, 7) is 2.18. The van der Waals surface area contributed by atoms with Gasteiger partial charge in [-0.15, -0.1) is 0 Å². The SMILES string of the molecule is CCCCCCCCS(=O)(=O)CCCCCCCC(=O)OC. The summed E-state index contributed by atoms with van der Waals surface area (Å²) < 4.78 is 28.3. The normalized spacial score (nSPS) is 11.5. The summed E-state index contributed by atoms with van der Waals surface area (Å²) in [6, 6.07) is 0. The zero-order valence-corrected chi connectivity index (χ0v) is 15.3. The van der Waals surface area contributed by atoms with Gasteiger partial charge in [0.1, 0.15) is 9.84 Å². The molecule has 0 aromatic carbocycles. The summed E-state index contributed by atoms with van der Waals surface area (Å²) in [4.78, 5) is 10.9. The average molecular weight is 335 g/mol. The van der Waals surface area contributed by atoms with Crippen molar-refractivity contribution in [3.05, 3.63) is 0 Å². The molecule has 0 aliphatic heterocycles. The van der Waals surface area contributed by atoms with Gasteiger partial charge in [-0.3, -0.25) is 4.79 Å². The van der Waals surface area contributed by atoms with E-state index in [1.54, 1.807) is 0 Å². The Balaban J connectivity index is 3.46. The molecule has 0 atom stereocenters. The van der Waals surface area contributed by atoms with E-state index in [0.717, 1.165) is 51.4 Å². The Hall–Kier alpha value is -0.580. The molecule has 0 spiro atoms. The fourth-order valence-electron chi connectivity index (χ4n) is 2.43. The Labute approximate surface area is 136 Å². The molecule has 0 heterocycles. The zero-order valence-electron chi connectivity index (χ0n) is 14.4. The molecule has 0 aliphatic rings. The maximum atomic E-state index is 11.9. The van der Waals surface area contributed by atoms with Crippen LogP contribution in [0.25, 0.3) is 0 Å². The largest absolute Gasteiger partial charge is 0.469 e. The molecule has 0 saturated carbocycles. The summed E-state index contributed by atoms with van der Waals surface area (Å²) in [6.07, 6.45) is 11.6. The molecule has 0 radical (unpaired) electrons. The smallest absolute Gasteiger partial charge is 0.305 e. The van der Waals surface area contributed by atoms with Gasteiger partial charge < -0.3 is 4.74 Å². The van der Waals surface area contributed by atoms with Gasteiger partial charge in [0.15, 0.2) is 0 Å². The van der Waals surface area contributed by atoms with E-state index in [0.29, 0.717) is 17.9 Å². The van der Waals surface area contributed by atoms with Crippen molar-refractivity contribution in [3.63, 3.8) is 0 Å². The standard InChI is InChI=1S/C17H34O4S/c1-3-4-5-6-9-12-15-22(19,20)16-13-10-7-8-11-14-17(18)21-2/h3-16H2,1-2H3. The van der Waals surface area contributed by atoms with Gasteiger partial charge in [-0.2, -0.15) is 0 Å². The van der Waals surface area contributed by atoms with Gasteiger partial charge in [-0.05, 0) is 19.3 Å². The Morgan fingerprint density at radius 1 is 0.773 bits per heavy atom. The van der Waals surface area contributed by atoms with Gasteiger partial charge in [-0.25, -0.2) is 8.42 Å². The van der Waals surface area contributed by atoms with E-state index >= 15 is 0 Å². The molecule has 0 N–H and O–H groups in total. The summed E-state index contributed by atoms with van der Waals surface area (Å²) in [7, 11) is -1.46. The quantitative estimate of drug-likeness (QED) is 0.331. The van der Waals surface area contributed by atoms with Crippen LogP contribution < -0.4 is 0 Å². The van der Waals surface area contributed by atoms with E-state index in [2.05, 4.69) is 11.7 Å². The number of methoxy groups -OCH3 is 1. The Morgan fingerprint density at radius 3 is 1.73 bits per heavy atom. The number of carbonyl (C=O) groups is 1. The first-order valence-corrected chi connectivity index (χ1v) is 10.6. The topological polar surface area (TPSA) is 60.4 Å². The minimum absolute atomic E-state index is 0.165. The number of hydrogen-bond donors (Lipinski definition) is 0. The molecule has 4 nitrogen and oxygen atoms in total.